The molecule has 0 spiro atoms. The summed E-state index contributed by atoms with van der Waals surface area (Å²) in [5.41, 5.74) is 5.52. The van der Waals surface area contributed by atoms with E-state index >= 15 is 0 Å². The van der Waals surface area contributed by atoms with Gasteiger partial charge in [0.1, 0.15) is 4.90 Å². The molecular formula is C9H11ClN2O4S. The molecule has 0 aromatic heterocycles. The normalized spacial score (nSPS) is 11.2. The zero-order valence-corrected chi connectivity index (χ0v) is 10.3. The minimum Gasteiger partial charge on any atom is -0.398 e. The molecule has 0 unspecified atom stereocenters. The van der Waals surface area contributed by atoms with Crippen LogP contribution in [0.15, 0.2) is 23.1 Å². The quantitative estimate of drug-likeness (QED) is 0.434. The van der Waals surface area contributed by atoms with E-state index in [-0.39, 0.29) is 29.6 Å². The standard InChI is InChI=1S/C9H11ClN2O4S/c10-4-3-9(13)12-6-1-2-7(11)8(5-6)17(14,15)16/h1-2,5H,3-4,11H2,(H,12,13)(H,14,15,16). The van der Waals surface area contributed by atoms with Crippen molar-refractivity contribution in [2.75, 3.05) is 16.9 Å². The Bertz CT molecular complexity index is 530. The predicted octanol–water partition coefficient (Wildman–Crippen LogP) is 1.08. The molecule has 8 heteroatoms. The van der Waals surface area contributed by atoms with Gasteiger partial charge in [-0.25, -0.2) is 0 Å². The number of halogens is 1. The van der Waals surface area contributed by atoms with E-state index in [1.54, 1.807) is 0 Å². The van der Waals surface area contributed by atoms with Crippen molar-refractivity contribution in [3.8, 4) is 0 Å². The summed E-state index contributed by atoms with van der Waals surface area (Å²) in [6.07, 6.45) is 0.104. The van der Waals surface area contributed by atoms with Crippen molar-refractivity contribution < 1.29 is 17.8 Å². The third-order valence-corrected chi connectivity index (χ3v) is 3.00. The van der Waals surface area contributed by atoms with E-state index in [4.69, 9.17) is 21.9 Å². The van der Waals surface area contributed by atoms with Crippen molar-refractivity contribution in [1.29, 1.82) is 0 Å². The molecule has 0 saturated carbocycles. The number of anilines is 2. The summed E-state index contributed by atoms with van der Waals surface area (Å²) >= 11 is 5.37. The van der Waals surface area contributed by atoms with E-state index in [1.807, 2.05) is 0 Å². The average molecular weight is 279 g/mol. The van der Waals surface area contributed by atoms with Gasteiger partial charge in [-0.05, 0) is 18.2 Å². The molecule has 0 atom stereocenters. The van der Waals surface area contributed by atoms with Crippen LogP contribution in [0.5, 0.6) is 0 Å². The molecule has 0 radical (unpaired) electrons. The Morgan fingerprint density at radius 2 is 2.12 bits per heavy atom. The van der Waals surface area contributed by atoms with E-state index in [0.29, 0.717) is 0 Å². The van der Waals surface area contributed by atoms with Gasteiger partial charge in [0.2, 0.25) is 5.91 Å². The molecule has 0 aliphatic rings. The molecule has 0 aliphatic carbocycles. The highest BCUT2D eigenvalue weighted by molar-refractivity contribution is 7.86. The number of benzene rings is 1. The summed E-state index contributed by atoms with van der Waals surface area (Å²) in [6, 6.07) is 3.78. The Hall–Kier alpha value is -1.31. The van der Waals surface area contributed by atoms with Gasteiger partial charge in [-0.2, -0.15) is 8.42 Å². The number of carbonyl (C=O) groups excluding carboxylic acids is 1. The van der Waals surface area contributed by atoms with Crippen molar-refractivity contribution in [3.63, 3.8) is 0 Å². The summed E-state index contributed by atoms with van der Waals surface area (Å²) in [7, 11) is -4.41. The van der Waals surface area contributed by atoms with E-state index in [9.17, 15) is 13.2 Å². The van der Waals surface area contributed by atoms with Crippen LogP contribution in [-0.2, 0) is 14.9 Å². The van der Waals surface area contributed by atoms with E-state index in [2.05, 4.69) is 5.32 Å². The first-order chi connectivity index (χ1) is 7.84. The van der Waals surface area contributed by atoms with Crippen LogP contribution in [0.3, 0.4) is 0 Å². The monoisotopic (exact) mass is 278 g/mol. The minimum atomic E-state index is -4.41. The van der Waals surface area contributed by atoms with Gasteiger partial charge in [0.15, 0.2) is 0 Å². The second-order valence-electron chi connectivity index (χ2n) is 3.21. The molecule has 4 N–H and O–H groups in total. The maximum atomic E-state index is 11.2. The summed E-state index contributed by atoms with van der Waals surface area (Å²) in [6.45, 7) is 0. The van der Waals surface area contributed by atoms with Gasteiger partial charge in [0, 0.05) is 18.0 Å². The smallest absolute Gasteiger partial charge is 0.296 e. The van der Waals surface area contributed by atoms with Crippen LogP contribution in [-0.4, -0.2) is 24.8 Å². The van der Waals surface area contributed by atoms with Crippen LogP contribution >= 0.6 is 11.6 Å². The minimum absolute atomic E-state index is 0.0946. The molecule has 0 bridgehead atoms. The SMILES string of the molecule is Nc1ccc(NC(=O)CCCl)cc1S(=O)(=O)O. The molecule has 1 amide bonds. The Kier molecular flexibility index (Phi) is 4.33. The third-order valence-electron chi connectivity index (χ3n) is 1.90. The largest absolute Gasteiger partial charge is 0.398 e. The van der Waals surface area contributed by atoms with Gasteiger partial charge < -0.3 is 11.1 Å². The number of alkyl halides is 1. The molecule has 6 nitrogen and oxygen atoms in total. The first kappa shape index (κ1) is 13.8. The Balaban J connectivity index is 3.02. The van der Waals surface area contributed by atoms with Crippen molar-refractivity contribution in [2.24, 2.45) is 0 Å². The lowest BCUT2D eigenvalue weighted by Gasteiger charge is -2.07. The lowest BCUT2D eigenvalue weighted by Crippen LogP contribution is -2.12. The topological polar surface area (TPSA) is 109 Å². The maximum Gasteiger partial charge on any atom is 0.296 e. The fourth-order valence-electron chi connectivity index (χ4n) is 1.14. The summed E-state index contributed by atoms with van der Waals surface area (Å²) in [5, 5.41) is 2.43. The first-order valence-electron chi connectivity index (χ1n) is 4.57. The number of nitrogens with one attached hydrogen (secondary N) is 1. The molecule has 0 heterocycles. The highest BCUT2D eigenvalue weighted by Crippen LogP contribution is 2.22. The number of hydrogen-bond acceptors (Lipinski definition) is 4. The van der Waals surface area contributed by atoms with Gasteiger partial charge in [-0.1, -0.05) is 0 Å². The van der Waals surface area contributed by atoms with E-state index < -0.39 is 15.0 Å². The lowest BCUT2D eigenvalue weighted by molar-refractivity contribution is -0.115. The molecule has 0 aliphatic heterocycles. The number of nitrogens with two attached hydrogens (primary N) is 1. The number of rotatable bonds is 4. The van der Waals surface area contributed by atoms with Crippen molar-refractivity contribution in [3.05, 3.63) is 18.2 Å². The van der Waals surface area contributed by atoms with E-state index in [0.717, 1.165) is 6.07 Å². The van der Waals surface area contributed by atoms with Crippen LogP contribution in [0.25, 0.3) is 0 Å². The van der Waals surface area contributed by atoms with E-state index in [1.165, 1.54) is 12.1 Å². The van der Waals surface area contributed by atoms with Crippen LogP contribution in [0, 0.1) is 0 Å². The van der Waals surface area contributed by atoms with Crippen molar-refractivity contribution >= 4 is 39.0 Å². The molecule has 1 aromatic carbocycles. The third kappa shape index (κ3) is 3.88. The Morgan fingerprint density at radius 3 is 2.65 bits per heavy atom. The molecule has 94 valence electrons. The number of nitrogen functional groups attached to an aromatic ring is 1. The zero-order valence-electron chi connectivity index (χ0n) is 8.68. The first-order valence-corrected chi connectivity index (χ1v) is 6.55. The summed E-state index contributed by atoms with van der Waals surface area (Å²) < 4.78 is 30.8. The molecule has 1 aromatic rings. The molecule has 17 heavy (non-hydrogen) atoms. The summed E-state index contributed by atoms with van der Waals surface area (Å²) in [4.78, 5) is 10.8. The molecular weight excluding hydrogens is 268 g/mol. The number of amides is 1. The number of hydrogen-bond donors (Lipinski definition) is 3. The highest BCUT2D eigenvalue weighted by Gasteiger charge is 2.15. The lowest BCUT2D eigenvalue weighted by atomic mass is 10.3. The fourth-order valence-corrected chi connectivity index (χ4v) is 1.96. The maximum absolute atomic E-state index is 11.2. The van der Waals surface area contributed by atoms with Gasteiger partial charge in [0.25, 0.3) is 10.1 Å². The van der Waals surface area contributed by atoms with Gasteiger partial charge in [-0.15, -0.1) is 11.6 Å². The second-order valence-corrected chi connectivity index (χ2v) is 4.98. The average Bonchev–Trinajstić information content (AvgIpc) is 2.19. The van der Waals surface area contributed by atoms with Crippen molar-refractivity contribution in [2.45, 2.75) is 11.3 Å². The zero-order chi connectivity index (χ0) is 13.1. The Labute approximate surface area is 104 Å². The van der Waals surface area contributed by atoms with Crippen LogP contribution in [0.1, 0.15) is 6.42 Å². The van der Waals surface area contributed by atoms with Crippen LogP contribution < -0.4 is 11.1 Å². The van der Waals surface area contributed by atoms with Crippen molar-refractivity contribution in [1.82, 2.24) is 0 Å². The highest BCUT2D eigenvalue weighted by atomic mass is 35.5. The van der Waals surface area contributed by atoms with Gasteiger partial charge >= 0.3 is 0 Å². The molecule has 1 rings (SSSR count). The van der Waals surface area contributed by atoms with Crippen LogP contribution in [0.2, 0.25) is 0 Å². The molecule has 0 fully saturated rings. The van der Waals surface area contributed by atoms with Gasteiger partial charge in [-0.3, -0.25) is 9.35 Å². The number of carbonyl (C=O) groups is 1. The Morgan fingerprint density at radius 1 is 1.47 bits per heavy atom. The fraction of sp³-hybridized carbons (Fsp3) is 0.222. The predicted molar refractivity (Wildman–Crippen MR) is 64.6 cm³/mol. The summed E-state index contributed by atoms with van der Waals surface area (Å²) in [5.74, 6) is -0.197. The van der Waals surface area contributed by atoms with Gasteiger partial charge in [0.05, 0.1) is 5.69 Å². The second kappa shape index (κ2) is 5.35. The molecule has 0 saturated heterocycles. The van der Waals surface area contributed by atoms with Crippen LogP contribution in [0.4, 0.5) is 11.4 Å².